The molecule has 0 amide bonds. The van der Waals surface area contributed by atoms with Crippen molar-refractivity contribution in [2.45, 2.75) is 19.4 Å². The van der Waals surface area contributed by atoms with Gasteiger partial charge >= 0.3 is 0 Å². The van der Waals surface area contributed by atoms with Crippen LogP contribution in [0.25, 0.3) is 27.5 Å². The second-order valence-electron chi connectivity index (χ2n) is 9.27. The van der Waals surface area contributed by atoms with Crippen LogP contribution in [0, 0.1) is 6.92 Å². The zero-order valence-electron chi connectivity index (χ0n) is 20.9. The summed E-state index contributed by atoms with van der Waals surface area (Å²) in [5.74, 6) is 0. The van der Waals surface area contributed by atoms with Crippen LogP contribution in [0.2, 0.25) is 0 Å². The third-order valence-corrected chi connectivity index (χ3v) is 6.60. The van der Waals surface area contributed by atoms with E-state index in [9.17, 15) is 0 Å². The molecule has 1 N–H and O–H groups in total. The van der Waals surface area contributed by atoms with E-state index in [0.29, 0.717) is 0 Å². The highest BCUT2D eigenvalue weighted by Gasteiger charge is 2.46. The lowest BCUT2D eigenvalue weighted by atomic mass is 9.94. The quantitative estimate of drug-likeness (QED) is 0.255. The molecule has 5 aromatic carbocycles. The van der Waals surface area contributed by atoms with Gasteiger partial charge in [-0.05, 0) is 76.7 Å². The summed E-state index contributed by atoms with van der Waals surface area (Å²) in [7, 11) is 0. The molecular formula is C35H31N. The second kappa shape index (κ2) is 10.1. The van der Waals surface area contributed by atoms with Gasteiger partial charge in [-0.25, -0.2) is 0 Å². The van der Waals surface area contributed by atoms with E-state index in [4.69, 9.17) is 0 Å². The number of anilines is 1. The number of nitrogens with one attached hydrogen (secondary N) is 1. The number of aryl methyl sites for hydroxylation is 1. The van der Waals surface area contributed by atoms with E-state index in [0.717, 1.165) is 5.69 Å². The molecule has 0 radical (unpaired) electrons. The Labute approximate surface area is 214 Å². The molecule has 1 atom stereocenters. The highest BCUT2D eigenvalue weighted by molar-refractivity contribution is 5.97. The van der Waals surface area contributed by atoms with Crippen molar-refractivity contribution in [1.82, 2.24) is 0 Å². The minimum absolute atomic E-state index is 0.283. The van der Waals surface area contributed by atoms with Crippen LogP contribution in [-0.4, -0.2) is 0 Å². The van der Waals surface area contributed by atoms with Gasteiger partial charge in [-0.1, -0.05) is 115 Å². The molecule has 0 aliphatic heterocycles. The molecule has 6 rings (SSSR count). The first-order valence-electron chi connectivity index (χ1n) is 12.4. The minimum atomic E-state index is -0.283. The average Bonchev–Trinajstić information content (AvgIpc) is 3.65. The van der Waals surface area contributed by atoms with E-state index in [1.54, 1.807) is 6.08 Å². The van der Waals surface area contributed by atoms with Crippen LogP contribution < -0.4 is 5.32 Å². The number of hydrogen-bond donors (Lipinski definition) is 1. The van der Waals surface area contributed by atoms with Crippen LogP contribution in [-0.2, 0) is 5.54 Å². The Morgan fingerprint density at radius 2 is 1.19 bits per heavy atom. The number of benzene rings is 5. The largest absolute Gasteiger partial charge is 0.368 e. The molecule has 1 aliphatic rings. The van der Waals surface area contributed by atoms with Crippen LogP contribution >= 0.6 is 0 Å². The maximum atomic E-state index is 3.84. The van der Waals surface area contributed by atoms with Gasteiger partial charge in [0.05, 0.1) is 0 Å². The van der Waals surface area contributed by atoms with E-state index >= 15 is 0 Å². The number of rotatable bonds is 5. The van der Waals surface area contributed by atoms with Crippen LogP contribution in [0.4, 0.5) is 5.69 Å². The molecule has 1 aliphatic carbocycles. The van der Waals surface area contributed by atoms with Gasteiger partial charge in [0.25, 0.3) is 0 Å². The Bertz CT molecular complexity index is 1510. The van der Waals surface area contributed by atoms with Gasteiger partial charge in [0.15, 0.2) is 0 Å². The lowest BCUT2D eigenvalue weighted by Gasteiger charge is -2.23. The Kier molecular flexibility index (Phi) is 6.56. The molecular weight excluding hydrogens is 434 g/mol. The van der Waals surface area contributed by atoms with Crippen molar-refractivity contribution < 1.29 is 0 Å². The molecule has 0 aromatic heterocycles. The summed E-state index contributed by atoms with van der Waals surface area (Å²) < 4.78 is 0. The summed E-state index contributed by atoms with van der Waals surface area (Å²) in [6.07, 6.45) is 4.10. The topological polar surface area (TPSA) is 12.0 Å². The first-order valence-corrected chi connectivity index (χ1v) is 12.4. The number of hydrogen-bond acceptors (Lipinski definition) is 1. The average molecular weight is 466 g/mol. The molecule has 0 fully saturated rings. The molecule has 5 aromatic rings. The highest BCUT2D eigenvalue weighted by atomic mass is 15.0. The van der Waals surface area contributed by atoms with Crippen LogP contribution in [0.3, 0.4) is 0 Å². The lowest BCUT2D eigenvalue weighted by Crippen LogP contribution is -2.22. The predicted octanol–water partition coefficient (Wildman–Crippen LogP) is 9.41. The Balaban J connectivity index is 0.000000848. The zero-order chi connectivity index (χ0) is 25.0. The third kappa shape index (κ3) is 4.74. The van der Waals surface area contributed by atoms with E-state index in [1.807, 2.05) is 6.92 Å². The Morgan fingerprint density at radius 3 is 1.86 bits per heavy atom. The van der Waals surface area contributed by atoms with Gasteiger partial charge in [-0.15, -0.1) is 6.58 Å². The van der Waals surface area contributed by atoms with Crippen molar-refractivity contribution in [3.8, 4) is 11.1 Å². The van der Waals surface area contributed by atoms with E-state index < -0.39 is 0 Å². The van der Waals surface area contributed by atoms with Crippen LogP contribution in [0.1, 0.15) is 23.6 Å². The summed E-state index contributed by atoms with van der Waals surface area (Å²) in [6, 6.07) is 43.5. The fourth-order valence-corrected chi connectivity index (χ4v) is 4.68. The highest BCUT2D eigenvalue weighted by Crippen LogP contribution is 2.53. The number of allylic oxidation sites excluding steroid dienone is 1. The Morgan fingerprint density at radius 1 is 0.639 bits per heavy atom. The molecule has 0 heterocycles. The summed E-state index contributed by atoms with van der Waals surface area (Å²) in [5.41, 5.74) is 8.43. The molecule has 0 saturated carbocycles. The maximum Gasteiger partial charge on any atom is 0.108 e. The fourth-order valence-electron chi connectivity index (χ4n) is 4.68. The molecule has 1 nitrogen and oxygen atoms in total. The summed E-state index contributed by atoms with van der Waals surface area (Å²) in [6.45, 7) is 7.37. The van der Waals surface area contributed by atoms with E-state index in [1.165, 1.54) is 44.2 Å². The zero-order valence-corrected chi connectivity index (χ0v) is 20.9. The predicted molar refractivity (Wildman–Crippen MR) is 156 cm³/mol. The monoisotopic (exact) mass is 465 g/mol. The Hall–Kier alpha value is -4.36. The molecule has 0 saturated heterocycles. The molecule has 0 spiro atoms. The second-order valence-corrected chi connectivity index (χ2v) is 9.27. The van der Waals surface area contributed by atoms with Crippen molar-refractivity contribution in [3.63, 3.8) is 0 Å². The van der Waals surface area contributed by atoms with Crippen molar-refractivity contribution in [3.05, 3.63) is 157 Å². The van der Waals surface area contributed by atoms with Gasteiger partial charge < -0.3 is 5.32 Å². The SMILES string of the molecule is C=CC.Cc1ccc(-c2ccc(NC3(c4ccccc4)C=C3c3ccc4ccccc4c3)cc2)cc1. The first kappa shape index (κ1) is 23.4. The van der Waals surface area contributed by atoms with E-state index in [-0.39, 0.29) is 5.54 Å². The van der Waals surface area contributed by atoms with Gasteiger partial charge in [-0.3, -0.25) is 0 Å². The third-order valence-electron chi connectivity index (χ3n) is 6.60. The van der Waals surface area contributed by atoms with Crippen molar-refractivity contribution in [2.24, 2.45) is 0 Å². The molecule has 0 bridgehead atoms. The van der Waals surface area contributed by atoms with Gasteiger partial charge in [-0.2, -0.15) is 0 Å². The van der Waals surface area contributed by atoms with Crippen molar-refractivity contribution >= 4 is 22.0 Å². The minimum Gasteiger partial charge on any atom is -0.368 e. The van der Waals surface area contributed by atoms with Gasteiger partial charge in [0.2, 0.25) is 0 Å². The van der Waals surface area contributed by atoms with Crippen LogP contribution in [0.5, 0.6) is 0 Å². The van der Waals surface area contributed by atoms with Crippen LogP contribution in [0.15, 0.2) is 140 Å². The van der Waals surface area contributed by atoms with Crippen molar-refractivity contribution in [2.75, 3.05) is 5.32 Å². The summed E-state index contributed by atoms with van der Waals surface area (Å²) >= 11 is 0. The smallest absolute Gasteiger partial charge is 0.108 e. The number of fused-ring (bicyclic) bond motifs is 1. The van der Waals surface area contributed by atoms with E-state index in [2.05, 4.69) is 146 Å². The first-order chi connectivity index (χ1) is 17.6. The summed E-state index contributed by atoms with van der Waals surface area (Å²) in [4.78, 5) is 0. The molecule has 1 heteroatoms. The maximum absolute atomic E-state index is 3.84. The summed E-state index contributed by atoms with van der Waals surface area (Å²) in [5, 5.41) is 6.38. The standard InChI is InChI=1S/C32H25N.C3H6/c1-23-11-13-25(14-12-23)26-17-19-30(20-18-26)33-32(29-9-3-2-4-10-29)22-31(32)28-16-15-24-7-5-6-8-27(24)21-28;1-3-2/h2-22,33H,1H3;3H,1H2,2H3. The van der Waals surface area contributed by atoms with Gasteiger partial charge in [0, 0.05) is 5.69 Å². The fraction of sp³-hybridized carbons (Fsp3) is 0.0857. The van der Waals surface area contributed by atoms with Crippen molar-refractivity contribution in [1.29, 1.82) is 0 Å². The molecule has 176 valence electrons. The van der Waals surface area contributed by atoms with Gasteiger partial charge in [0.1, 0.15) is 5.54 Å². The molecule has 36 heavy (non-hydrogen) atoms. The normalized spacial score (nSPS) is 15.9. The lowest BCUT2D eigenvalue weighted by molar-refractivity contribution is 0.903. The molecule has 1 unspecified atom stereocenters.